The summed E-state index contributed by atoms with van der Waals surface area (Å²) in [5.74, 6) is 0.376. The van der Waals surface area contributed by atoms with Crippen molar-refractivity contribution in [3.63, 3.8) is 0 Å². The molecule has 0 bridgehead atoms. The van der Waals surface area contributed by atoms with Crippen molar-refractivity contribution in [2.24, 2.45) is 0 Å². The minimum absolute atomic E-state index is 0.118. The first-order chi connectivity index (χ1) is 15.7. The standard InChI is InChI=1S/C26H28N2O3S/c1-31-22-14-7-9-19(17-22)25(26(30)27-20-10-5-6-11-20)28(21-12-3-2-4-13-21)24(29)18-23-15-8-16-32-23/h2-4,7-9,12-17,20,25H,5-6,10-11,18H2,1H3,(H,27,30)/t25-/m1/s1. The number of benzene rings is 2. The third-order valence-corrected chi connectivity index (χ3v) is 6.70. The van der Waals surface area contributed by atoms with Gasteiger partial charge in [0.05, 0.1) is 13.5 Å². The van der Waals surface area contributed by atoms with Crippen LogP contribution in [0.3, 0.4) is 0 Å². The lowest BCUT2D eigenvalue weighted by Gasteiger charge is -2.32. The van der Waals surface area contributed by atoms with E-state index in [0.29, 0.717) is 11.4 Å². The van der Waals surface area contributed by atoms with E-state index in [-0.39, 0.29) is 24.3 Å². The molecule has 0 unspecified atom stereocenters. The van der Waals surface area contributed by atoms with Gasteiger partial charge in [-0.1, -0.05) is 49.2 Å². The molecule has 1 N–H and O–H groups in total. The highest BCUT2D eigenvalue weighted by atomic mass is 32.1. The molecule has 1 aromatic heterocycles. The van der Waals surface area contributed by atoms with Crippen LogP contribution in [0.15, 0.2) is 72.1 Å². The Labute approximate surface area is 193 Å². The van der Waals surface area contributed by atoms with Gasteiger partial charge in [-0.3, -0.25) is 14.5 Å². The summed E-state index contributed by atoms with van der Waals surface area (Å²) in [5.41, 5.74) is 1.42. The van der Waals surface area contributed by atoms with E-state index in [2.05, 4.69) is 5.32 Å². The van der Waals surface area contributed by atoms with Gasteiger partial charge in [-0.2, -0.15) is 0 Å². The molecule has 32 heavy (non-hydrogen) atoms. The van der Waals surface area contributed by atoms with Crippen molar-refractivity contribution < 1.29 is 14.3 Å². The zero-order chi connectivity index (χ0) is 22.3. The van der Waals surface area contributed by atoms with Gasteiger partial charge in [-0.05, 0) is 54.1 Å². The lowest BCUT2D eigenvalue weighted by molar-refractivity contribution is -0.127. The second-order valence-electron chi connectivity index (χ2n) is 8.02. The van der Waals surface area contributed by atoms with Gasteiger partial charge in [0.25, 0.3) is 0 Å². The summed E-state index contributed by atoms with van der Waals surface area (Å²) in [5, 5.41) is 5.17. The van der Waals surface area contributed by atoms with Crippen molar-refractivity contribution in [2.75, 3.05) is 12.0 Å². The molecule has 0 aliphatic heterocycles. The molecule has 6 heteroatoms. The number of para-hydroxylation sites is 1. The van der Waals surface area contributed by atoms with Crippen LogP contribution in [-0.2, 0) is 16.0 Å². The van der Waals surface area contributed by atoms with Crippen LogP contribution in [0, 0.1) is 0 Å². The molecule has 1 fully saturated rings. The van der Waals surface area contributed by atoms with Crippen LogP contribution in [0.2, 0.25) is 0 Å². The summed E-state index contributed by atoms with van der Waals surface area (Å²) in [6.45, 7) is 0. The maximum atomic E-state index is 13.7. The number of amides is 2. The predicted molar refractivity (Wildman–Crippen MR) is 128 cm³/mol. The summed E-state index contributed by atoms with van der Waals surface area (Å²) >= 11 is 1.54. The number of carbonyl (C=O) groups is 2. The number of thiophene rings is 1. The zero-order valence-electron chi connectivity index (χ0n) is 18.2. The predicted octanol–water partition coefficient (Wildman–Crippen LogP) is 5.13. The van der Waals surface area contributed by atoms with E-state index in [1.807, 2.05) is 72.1 Å². The van der Waals surface area contributed by atoms with E-state index in [1.165, 1.54) is 0 Å². The number of rotatable bonds is 8. The van der Waals surface area contributed by atoms with Gasteiger partial charge < -0.3 is 10.1 Å². The van der Waals surface area contributed by atoms with Gasteiger partial charge in [0.15, 0.2) is 0 Å². The Hall–Kier alpha value is -3.12. The molecular formula is C26H28N2O3S. The Morgan fingerprint density at radius 3 is 2.53 bits per heavy atom. The molecule has 2 aromatic carbocycles. The SMILES string of the molecule is COc1cccc([C@H](C(=O)NC2CCCC2)N(C(=O)Cc2cccs2)c2ccccc2)c1. The molecule has 1 atom stereocenters. The number of carbonyl (C=O) groups excluding carboxylic acids is 2. The number of hydrogen-bond acceptors (Lipinski definition) is 4. The monoisotopic (exact) mass is 448 g/mol. The highest BCUT2D eigenvalue weighted by Crippen LogP contribution is 2.31. The first-order valence-corrected chi connectivity index (χ1v) is 11.9. The molecule has 3 aromatic rings. The molecule has 0 saturated heterocycles. The molecule has 1 saturated carbocycles. The second kappa shape index (κ2) is 10.5. The van der Waals surface area contributed by atoms with Crippen LogP contribution in [0.1, 0.15) is 42.2 Å². The van der Waals surface area contributed by atoms with Gasteiger partial charge >= 0.3 is 0 Å². The van der Waals surface area contributed by atoms with Crippen LogP contribution in [-0.4, -0.2) is 25.0 Å². The summed E-state index contributed by atoms with van der Waals surface area (Å²) in [7, 11) is 1.60. The third-order valence-electron chi connectivity index (χ3n) is 5.83. The van der Waals surface area contributed by atoms with E-state index in [4.69, 9.17) is 4.74 Å². The fraction of sp³-hybridized carbons (Fsp3) is 0.308. The van der Waals surface area contributed by atoms with E-state index in [0.717, 1.165) is 36.1 Å². The highest BCUT2D eigenvalue weighted by Gasteiger charge is 2.34. The molecule has 2 amide bonds. The average molecular weight is 449 g/mol. The average Bonchev–Trinajstić information content (AvgIpc) is 3.52. The van der Waals surface area contributed by atoms with Crippen molar-refractivity contribution in [3.8, 4) is 5.75 Å². The van der Waals surface area contributed by atoms with Crippen molar-refractivity contribution in [1.29, 1.82) is 0 Å². The number of nitrogens with one attached hydrogen (secondary N) is 1. The zero-order valence-corrected chi connectivity index (χ0v) is 19.0. The van der Waals surface area contributed by atoms with Crippen LogP contribution in [0.25, 0.3) is 0 Å². The molecule has 0 radical (unpaired) electrons. The number of anilines is 1. The van der Waals surface area contributed by atoms with Gasteiger partial charge in [0.2, 0.25) is 11.8 Å². The van der Waals surface area contributed by atoms with E-state index in [1.54, 1.807) is 23.3 Å². The molecule has 1 aliphatic rings. The van der Waals surface area contributed by atoms with Gasteiger partial charge in [0, 0.05) is 16.6 Å². The summed E-state index contributed by atoms with van der Waals surface area (Å²) < 4.78 is 5.42. The third kappa shape index (κ3) is 5.19. The number of ether oxygens (including phenoxy) is 1. The number of methoxy groups -OCH3 is 1. The summed E-state index contributed by atoms with van der Waals surface area (Å²) in [4.78, 5) is 29.9. The van der Waals surface area contributed by atoms with Crippen molar-refractivity contribution in [3.05, 3.63) is 82.6 Å². The van der Waals surface area contributed by atoms with Crippen LogP contribution >= 0.6 is 11.3 Å². The van der Waals surface area contributed by atoms with Crippen molar-refractivity contribution in [2.45, 2.75) is 44.2 Å². The Morgan fingerprint density at radius 2 is 1.84 bits per heavy atom. The Kier molecular flexibility index (Phi) is 7.22. The quantitative estimate of drug-likeness (QED) is 0.520. The largest absolute Gasteiger partial charge is 0.497 e. The van der Waals surface area contributed by atoms with Crippen molar-refractivity contribution in [1.82, 2.24) is 5.32 Å². The van der Waals surface area contributed by atoms with Gasteiger partial charge in [-0.25, -0.2) is 0 Å². The highest BCUT2D eigenvalue weighted by molar-refractivity contribution is 7.10. The number of nitrogens with zero attached hydrogens (tertiary/aromatic N) is 1. The molecule has 5 nitrogen and oxygen atoms in total. The number of hydrogen-bond donors (Lipinski definition) is 1. The van der Waals surface area contributed by atoms with E-state index >= 15 is 0 Å². The molecule has 1 heterocycles. The minimum Gasteiger partial charge on any atom is -0.497 e. The Bertz CT molecular complexity index is 1030. The van der Waals surface area contributed by atoms with E-state index < -0.39 is 6.04 Å². The Morgan fingerprint density at radius 1 is 1.06 bits per heavy atom. The second-order valence-corrected chi connectivity index (χ2v) is 9.06. The Balaban J connectivity index is 1.75. The fourth-order valence-electron chi connectivity index (χ4n) is 4.25. The minimum atomic E-state index is -0.791. The van der Waals surface area contributed by atoms with Gasteiger partial charge in [0.1, 0.15) is 11.8 Å². The van der Waals surface area contributed by atoms with Crippen LogP contribution < -0.4 is 15.0 Å². The molecule has 0 spiro atoms. The van der Waals surface area contributed by atoms with E-state index in [9.17, 15) is 9.59 Å². The van der Waals surface area contributed by atoms with Crippen LogP contribution in [0.5, 0.6) is 5.75 Å². The summed E-state index contributed by atoms with van der Waals surface area (Å²) in [6.07, 6.45) is 4.43. The maximum Gasteiger partial charge on any atom is 0.248 e. The smallest absolute Gasteiger partial charge is 0.248 e. The fourth-order valence-corrected chi connectivity index (χ4v) is 4.95. The first kappa shape index (κ1) is 22.1. The maximum absolute atomic E-state index is 13.7. The normalized spacial score (nSPS) is 14.7. The topological polar surface area (TPSA) is 58.6 Å². The first-order valence-electron chi connectivity index (χ1n) is 11.0. The van der Waals surface area contributed by atoms with Crippen LogP contribution in [0.4, 0.5) is 5.69 Å². The molecule has 4 rings (SSSR count). The molecular weight excluding hydrogens is 420 g/mol. The summed E-state index contributed by atoms with van der Waals surface area (Å²) in [6, 6.07) is 20.1. The molecule has 1 aliphatic carbocycles. The van der Waals surface area contributed by atoms with Crippen molar-refractivity contribution >= 4 is 28.8 Å². The molecule has 166 valence electrons. The lowest BCUT2D eigenvalue weighted by Crippen LogP contribution is -2.46. The lowest BCUT2D eigenvalue weighted by atomic mass is 10.0. The van der Waals surface area contributed by atoms with Gasteiger partial charge in [-0.15, -0.1) is 11.3 Å².